The fourth-order valence-corrected chi connectivity index (χ4v) is 0.990. The van der Waals surface area contributed by atoms with Crippen LogP contribution in [0.4, 0.5) is 0 Å². The molecule has 0 fully saturated rings. The van der Waals surface area contributed by atoms with Gasteiger partial charge in [0.25, 0.3) is 5.91 Å². The van der Waals surface area contributed by atoms with E-state index < -0.39 is 11.9 Å². The van der Waals surface area contributed by atoms with Crippen LogP contribution >= 0.6 is 0 Å². The molecule has 5 nitrogen and oxygen atoms in total. The highest BCUT2D eigenvalue weighted by molar-refractivity contribution is 6.07. The number of carbonyl (C=O) groups excluding carboxylic acids is 3. The van der Waals surface area contributed by atoms with Crippen molar-refractivity contribution in [2.45, 2.75) is 0 Å². The zero-order valence-corrected chi connectivity index (χ0v) is 7.02. The minimum Gasteiger partial charge on any atom is -0.545 e. The summed E-state index contributed by atoms with van der Waals surface area (Å²) in [6, 6.07) is 5.48. The van der Waals surface area contributed by atoms with Gasteiger partial charge in [0.2, 0.25) is 6.41 Å². The topological polar surface area (TPSA) is 86.3 Å². The van der Waals surface area contributed by atoms with E-state index in [9.17, 15) is 19.5 Å². The van der Waals surface area contributed by atoms with Crippen LogP contribution < -0.4 is 10.4 Å². The molecule has 1 aromatic rings. The third-order valence-electron chi connectivity index (χ3n) is 1.58. The van der Waals surface area contributed by atoms with Gasteiger partial charge in [0, 0.05) is 11.1 Å². The average Bonchev–Trinajstić information content (AvgIpc) is 2.18. The maximum Gasteiger partial charge on any atom is 0.258 e. The molecule has 0 aliphatic carbocycles. The first-order valence-corrected chi connectivity index (χ1v) is 3.71. The van der Waals surface area contributed by atoms with E-state index >= 15 is 0 Å². The molecular weight excluding hydrogens is 186 g/mol. The van der Waals surface area contributed by atoms with Crippen LogP contribution in [0.2, 0.25) is 0 Å². The predicted molar refractivity (Wildman–Crippen MR) is 44.3 cm³/mol. The normalized spacial score (nSPS) is 9.14. The van der Waals surface area contributed by atoms with Gasteiger partial charge in [-0.3, -0.25) is 14.9 Å². The molecule has 2 amide bonds. The van der Waals surface area contributed by atoms with E-state index in [0.29, 0.717) is 0 Å². The summed E-state index contributed by atoms with van der Waals surface area (Å²) in [4.78, 5) is 31.7. The van der Waals surface area contributed by atoms with E-state index in [1.165, 1.54) is 24.3 Å². The molecule has 0 aromatic heterocycles. The van der Waals surface area contributed by atoms with Gasteiger partial charge < -0.3 is 9.90 Å². The smallest absolute Gasteiger partial charge is 0.258 e. The van der Waals surface area contributed by atoms with Crippen LogP contribution in [0.25, 0.3) is 0 Å². The molecule has 0 atom stereocenters. The van der Waals surface area contributed by atoms with Crippen molar-refractivity contribution in [3.8, 4) is 0 Å². The Morgan fingerprint density at radius 2 is 1.79 bits per heavy atom. The Labute approximate surface area is 79.4 Å². The van der Waals surface area contributed by atoms with Gasteiger partial charge in [-0.2, -0.15) is 0 Å². The molecule has 1 N–H and O–H groups in total. The molecule has 0 saturated heterocycles. The molecule has 72 valence electrons. The Morgan fingerprint density at radius 1 is 1.21 bits per heavy atom. The second-order valence-electron chi connectivity index (χ2n) is 2.42. The Bertz CT molecular complexity index is 386. The lowest BCUT2D eigenvalue weighted by molar-refractivity contribution is -0.255. The lowest BCUT2D eigenvalue weighted by atomic mass is 10.1. The molecule has 0 heterocycles. The van der Waals surface area contributed by atoms with Gasteiger partial charge in [0.1, 0.15) is 0 Å². The number of amides is 2. The number of rotatable bonds is 3. The summed E-state index contributed by atoms with van der Waals surface area (Å²) in [6.45, 7) is 0. The van der Waals surface area contributed by atoms with Crippen molar-refractivity contribution in [2.75, 3.05) is 0 Å². The van der Waals surface area contributed by atoms with Crippen LogP contribution in [0.1, 0.15) is 20.7 Å². The molecule has 0 aliphatic rings. The van der Waals surface area contributed by atoms with Crippen LogP contribution in [0, 0.1) is 0 Å². The first-order valence-electron chi connectivity index (χ1n) is 3.71. The van der Waals surface area contributed by atoms with Crippen LogP contribution in [0.3, 0.4) is 0 Å². The number of carbonyl (C=O) groups is 3. The Kier molecular flexibility index (Phi) is 2.96. The molecule has 1 rings (SSSR count). The van der Waals surface area contributed by atoms with Crippen LogP contribution in [0.15, 0.2) is 24.3 Å². The number of hydrogen-bond donors (Lipinski definition) is 1. The molecule has 0 spiro atoms. The molecule has 5 heteroatoms. The minimum absolute atomic E-state index is 0.0976. The highest BCUT2D eigenvalue weighted by Crippen LogP contribution is 2.06. The quantitative estimate of drug-likeness (QED) is 0.618. The Morgan fingerprint density at radius 3 is 2.29 bits per heavy atom. The lowest BCUT2D eigenvalue weighted by Crippen LogP contribution is -2.28. The predicted octanol–water partition coefficient (Wildman–Crippen LogP) is -1.06. The molecule has 1 aromatic carbocycles. The third-order valence-corrected chi connectivity index (χ3v) is 1.58. The van der Waals surface area contributed by atoms with Crippen molar-refractivity contribution < 1.29 is 19.5 Å². The molecule has 0 aliphatic heterocycles. The Balaban J connectivity index is 3.12. The standard InChI is InChI=1S/C9H7NO4/c11-5-10-8(12)6-3-1-2-4-7(6)9(13)14/h1-5H,(H,13,14)(H,10,11,12)/p-1. The van der Waals surface area contributed by atoms with Gasteiger partial charge >= 0.3 is 0 Å². The van der Waals surface area contributed by atoms with E-state index in [-0.39, 0.29) is 17.5 Å². The largest absolute Gasteiger partial charge is 0.545 e. The molecule has 0 saturated carbocycles. The average molecular weight is 192 g/mol. The number of carboxylic acid groups (broad SMARTS) is 1. The molecule has 0 unspecified atom stereocenters. The first-order chi connectivity index (χ1) is 6.66. The van der Waals surface area contributed by atoms with Crippen molar-refractivity contribution in [1.29, 1.82) is 0 Å². The summed E-state index contributed by atoms with van der Waals surface area (Å²) in [6.07, 6.45) is 0.189. The summed E-state index contributed by atoms with van der Waals surface area (Å²) in [5.74, 6) is -2.22. The zero-order chi connectivity index (χ0) is 10.6. The molecule has 0 radical (unpaired) electrons. The van der Waals surface area contributed by atoms with Gasteiger partial charge in [-0.05, 0) is 6.07 Å². The maximum absolute atomic E-state index is 11.1. The van der Waals surface area contributed by atoms with E-state index in [2.05, 4.69) is 0 Å². The monoisotopic (exact) mass is 192 g/mol. The third kappa shape index (κ3) is 1.95. The number of benzene rings is 1. The summed E-state index contributed by atoms with van der Waals surface area (Å²) in [5, 5.41) is 12.4. The summed E-state index contributed by atoms with van der Waals surface area (Å²) in [5.41, 5.74) is -0.341. The van der Waals surface area contributed by atoms with Gasteiger partial charge in [-0.25, -0.2) is 0 Å². The number of aromatic carboxylic acids is 1. The maximum atomic E-state index is 11.1. The number of imide groups is 1. The van der Waals surface area contributed by atoms with Crippen molar-refractivity contribution >= 4 is 18.3 Å². The van der Waals surface area contributed by atoms with Crippen LogP contribution in [0.5, 0.6) is 0 Å². The molecule has 0 bridgehead atoms. The van der Waals surface area contributed by atoms with Crippen molar-refractivity contribution in [1.82, 2.24) is 5.32 Å². The highest BCUT2D eigenvalue weighted by atomic mass is 16.4. The van der Waals surface area contributed by atoms with Gasteiger partial charge in [0.15, 0.2) is 0 Å². The second-order valence-corrected chi connectivity index (χ2v) is 2.42. The Hall–Kier alpha value is -2.17. The van der Waals surface area contributed by atoms with E-state index in [0.717, 1.165) is 0 Å². The highest BCUT2D eigenvalue weighted by Gasteiger charge is 2.09. The number of hydrogen-bond acceptors (Lipinski definition) is 4. The van der Waals surface area contributed by atoms with Crippen molar-refractivity contribution in [2.24, 2.45) is 0 Å². The number of nitrogens with one attached hydrogen (secondary N) is 1. The van der Waals surface area contributed by atoms with E-state index in [4.69, 9.17) is 0 Å². The van der Waals surface area contributed by atoms with Crippen LogP contribution in [-0.4, -0.2) is 18.3 Å². The van der Waals surface area contributed by atoms with Gasteiger partial charge in [-0.1, -0.05) is 18.2 Å². The SMILES string of the molecule is O=CNC(=O)c1ccccc1C(=O)[O-]. The fraction of sp³-hybridized carbons (Fsp3) is 0. The lowest BCUT2D eigenvalue weighted by Gasteiger charge is -2.07. The fourth-order valence-electron chi connectivity index (χ4n) is 0.990. The molecule has 14 heavy (non-hydrogen) atoms. The van der Waals surface area contributed by atoms with Crippen molar-refractivity contribution in [3.05, 3.63) is 35.4 Å². The minimum atomic E-state index is -1.46. The number of carboxylic acids is 1. The van der Waals surface area contributed by atoms with Crippen LogP contribution in [-0.2, 0) is 4.79 Å². The molecular formula is C9H6NO4-. The summed E-state index contributed by atoms with van der Waals surface area (Å²) < 4.78 is 0. The second kappa shape index (κ2) is 4.18. The van der Waals surface area contributed by atoms with Crippen molar-refractivity contribution in [3.63, 3.8) is 0 Å². The van der Waals surface area contributed by atoms with Gasteiger partial charge in [-0.15, -0.1) is 0 Å². The van der Waals surface area contributed by atoms with E-state index in [1.54, 1.807) is 0 Å². The van der Waals surface area contributed by atoms with Gasteiger partial charge in [0.05, 0.1) is 5.97 Å². The van der Waals surface area contributed by atoms with E-state index in [1.807, 2.05) is 5.32 Å². The summed E-state index contributed by atoms with van der Waals surface area (Å²) >= 11 is 0. The zero-order valence-electron chi connectivity index (χ0n) is 7.02. The first kappa shape index (κ1) is 9.91. The summed E-state index contributed by atoms with van der Waals surface area (Å²) in [7, 11) is 0.